The van der Waals surface area contributed by atoms with Crippen LogP contribution in [0.25, 0.3) is 0 Å². The number of aliphatic hydroxyl groups is 5. The molecule has 7 atom stereocenters. The Morgan fingerprint density at radius 2 is 0.882 bits per heavy atom. The van der Waals surface area contributed by atoms with Crippen molar-refractivity contribution in [1.82, 2.24) is 5.32 Å². The quantitative estimate of drug-likeness (QED) is 0.0195. The van der Waals surface area contributed by atoms with Crippen LogP contribution in [-0.4, -0.2) is 100 Å². The fraction of sp³-hybridized carbons (Fsp3) is 0.815. The average molecular weight is 1070 g/mol. The van der Waals surface area contributed by atoms with E-state index in [4.69, 9.17) is 14.2 Å². The Labute approximate surface area is 465 Å². The molecule has 76 heavy (non-hydrogen) atoms. The van der Waals surface area contributed by atoms with Crippen molar-refractivity contribution in [2.24, 2.45) is 0 Å². The maximum Gasteiger partial charge on any atom is 0.305 e. The minimum absolute atomic E-state index is 0.0564. The number of esters is 1. The molecule has 0 saturated carbocycles. The maximum atomic E-state index is 13.0. The summed E-state index contributed by atoms with van der Waals surface area (Å²) in [4.78, 5) is 25.1. The molecule has 0 radical (unpaired) electrons. The first-order valence-electron chi connectivity index (χ1n) is 31.6. The number of ether oxygens (including phenoxy) is 3. The molecule has 7 unspecified atom stereocenters. The van der Waals surface area contributed by atoms with E-state index in [1.165, 1.54) is 173 Å². The van der Waals surface area contributed by atoms with Crippen molar-refractivity contribution in [2.75, 3.05) is 19.8 Å². The lowest BCUT2D eigenvalue weighted by atomic mass is 9.99. The van der Waals surface area contributed by atoms with Crippen LogP contribution in [0.15, 0.2) is 60.8 Å². The molecule has 0 bridgehead atoms. The van der Waals surface area contributed by atoms with Crippen LogP contribution < -0.4 is 5.32 Å². The Morgan fingerprint density at radius 1 is 0.487 bits per heavy atom. The highest BCUT2D eigenvalue weighted by molar-refractivity contribution is 5.76. The van der Waals surface area contributed by atoms with E-state index in [0.717, 1.165) is 77.0 Å². The number of hydrogen-bond donors (Lipinski definition) is 6. The first kappa shape index (κ1) is 71.4. The molecule has 1 fully saturated rings. The maximum absolute atomic E-state index is 13.0. The molecule has 11 heteroatoms. The van der Waals surface area contributed by atoms with Crippen molar-refractivity contribution in [3.63, 3.8) is 0 Å². The standard InChI is InChI=1S/C65H117NO10/c1-3-5-7-9-11-13-14-15-16-17-24-27-30-33-37-41-45-49-53-61(70)74-54-50-46-42-38-34-31-28-25-22-20-18-19-21-23-26-29-32-36-40-44-48-52-60(69)66-57(58(68)51-47-43-39-35-12-10-8-6-4-2)56-75-65-64(73)63(72)62(71)59(55-67)76-65/h13-14,16-17,31,34,42,46-47,51,57-59,62-65,67-68,71-73H,3-12,15,18-30,32-33,35-41,43-45,48-50,52-56H2,1-2H3,(H,66,69)/b14-13-,17-16-,34-31-,46-42-,51-47+. The van der Waals surface area contributed by atoms with E-state index in [-0.39, 0.29) is 18.5 Å². The van der Waals surface area contributed by atoms with Crippen LogP contribution in [0.3, 0.4) is 0 Å². The second-order valence-electron chi connectivity index (χ2n) is 21.8. The lowest BCUT2D eigenvalue weighted by Gasteiger charge is -2.40. The normalized spacial score (nSPS) is 19.1. The van der Waals surface area contributed by atoms with E-state index in [1.807, 2.05) is 6.08 Å². The summed E-state index contributed by atoms with van der Waals surface area (Å²) in [6, 6.07) is -0.814. The summed E-state index contributed by atoms with van der Waals surface area (Å²) in [7, 11) is 0. The fourth-order valence-corrected chi connectivity index (χ4v) is 9.60. The molecule has 1 aliphatic rings. The van der Waals surface area contributed by atoms with Crippen molar-refractivity contribution >= 4 is 11.9 Å². The molecule has 11 nitrogen and oxygen atoms in total. The summed E-state index contributed by atoms with van der Waals surface area (Å²) in [6.07, 6.45) is 60.6. The molecule has 0 aromatic carbocycles. The minimum Gasteiger partial charge on any atom is -0.465 e. The molecule has 0 aliphatic carbocycles. The summed E-state index contributed by atoms with van der Waals surface area (Å²) in [5.74, 6) is -0.246. The van der Waals surface area contributed by atoms with E-state index in [1.54, 1.807) is 6.08 Å². The number of aliphatic hydroxyl groups excluding tert-OH is 5. The Morgan fingerprint density at radius 3 is 1.34 bits per heavy atom. The van der Waals surface area contributed by atoms with Crippen molar-refractivity contribution in [2.45, 2.75) is 320 Å². The first-order valence-corrected chi connectivity index (χ1v) is 31.6. The number of hydrogen-bond acceptors (Lipinski definition) is 10. The van der Waals surface area contributed by atoms with Gasteiger partial charge in [0.1, 0.15) is 24.4 Å². The van der Waals surface area contributed by atoms with Gasteiger partial charge in [0.05, 0.1) is 32.0 Å². The molecule has 1 heterocycles. The van der Waals surface area contributed by atoms with Crippen LogP contribution in [0.4, 0.5) is 0 Å². The largest absolute Gasteiger partial charge is 0.465 e. The zero-order chi connectivity index (χ0) is 55.2. The SMILES string of the molecule is CCCCCC/C=C\C/C=C\CCCCCCCCCC(=O)OCC/C=C\C/C=C\CCCCCCCCCCCCCCCCC(=O)NC(COC1OC(CO)C(O)C(O)C1O)C(O)/C=C/CCCCCCCCC. The molecule has 1 amide bonds. The second kappa shape index (κ2) is 54.3. The van der Waals surface area contributed by atoms with Crippen LogP contribution in [0, 0.1) is 0 Å². The van der Waals surface area contributed by atoms with Gasteiger partial charge in [-0.05, 0) is 83.5 Å². The van der Waals surface area contributed by atoms with Gasteiger partial charge in [-0.1, -0.05) is 242 Å². The number of carbonyl (C=O) groups excluding carboxylic acids is 2. The van der Waals surface area contributed by atoms with Gasteiger partial charge in [-0.15, -0.1) is 0 Å². The van der Waals surface area contributed by atoms with E-state index in [0.29, 0.717) is 19.4 Å². The number of amides is 1. The third-order valence-electron chi connectivity index (χ3n) is 14.6. The highest BCUT2D eigenvalue weighted by atomic mass is 16.7. The third-order valence-corrected chi connectivity index (χ3v) is 14.6. The molecule has 1 rings (SSSR count). The predicted octanol–water partition coefficient (Wildman–Crippen LogP) is 15.0. The van der Waals surface area contributed by atoms with E-state index in [9.17, 15) is 35.1 Å². The Bertz CT molecular complexity index is 1450. The fourth-order valence-electron chi connectivity index (χ4n) is 9.60. The predicted molar refractivity (Wildman–Crippen MR) is 315 cm³/mol. The van der Waals surface area contributed by atoms with Crippen LogP contribution >= 0.6 is 0 Å². The minimum atomic E-state index is -1.57. The number of nitrogens with one attached hydrogen (secondary N) is 1. The molecule has 6 N–H and O–H groups in total. The molecule has 0 aromatic rings. The molecule has 1 saturated heterocycles. The molecular formula is C65H117NO10. The van der Waals surface area contributed by atoms with Crippen LogP contribution in [0.2, 0.25) is 0 Å². The van der Waals surface area contributed by atoms with Crippen molar-refractivity contribution in [3.8, 4) is 0 Å². The molecular weight excluding hydrogens is 955 g/mol. The second-order valence-corrected chi connectivity index (χ2v) is 21.8. The smallest absolute Gasteiger partial charge is 0.305 e. The van der Waals surface area contributed by atoms with Crippen molar-refractivity contribution in [3.05, 3.63) is 60.8 Å². The highest BCUT2D eigenvalue weighted by Gasteiger charge is 2.44. The van der Waals surface area contributed by atoms with Gasteiger partial charge in [-0.3, -0.25) is 9.59 Å². The van der Waals surface area contributed by atoms with Gasteiger partial charge in [0.25, 0.3) is 0 Å². The van der Waals surface area contributed by atoms with Gasteiger partial charge in [-0.2, -0.15) is 0 Å². The third kappa shape index (κ3) is 43.3. The van der Waals surface area contributed by atoms with Crippen molar-refractivity contribution in [1.29, 1.82) is 0 Å². The number of rotatable bonds is 54. The van der Waals surface area contributed by atoms with E-state index in [2.05, 4.69) is 67.8 Å². The monoisotopic (exact) mass is 1070 g/mol. The van der Waals surface area contributed by atoms with Gasteiger partial charge >= 0.3 is 5.97 Å². The Balaban J connectivity index is 2.01. The summed E-state index contributed by atoms with van der Waals surface area (Å²) in [6.45, 7) is 4.18. The zero-order valence-electron chi connectivity index (χ0n) is 48.7. The molecule has 0 aromatic heterocycles. The van der Waals surface area contributed by atoms with E-state index >= 15 is 0 Å². The van der Waals surface area contributed by atoms with Gasteiger partial charge in [0.2, 0.25) is 5.91 Å². The summed E-state index contributed by atoms with van der Waals surface area (Å²) in [5, 5.41) is 54.2. The molecule has 1 aliphatic heterocycles. The number of carbonyl (C=O) groups is 2. The topological polar surface area (TPSA) is 175 Å². The Hall–Kier alpha value is -2.64. The average Bonchev–Trinajstić information content (AvgIpc) is 3.42. The molecule has 0 spiro atoms. The zero-order valence-corrected chi connectivity index (χ0v) is 48.7. The van der Waals surface area contributed by atoms with Gasteiger partial charge in [0.15, 0.2) is 6.29 Å². The number of allylic oxidation sites excluding steroid dienone is 8. The molecule has 442 valence electrons. The number of unbranched alkanes of at least 4 members (excludes halogenated alkanes) is 32. The summed E-state index contributed by atoms with van der Waals surface area (Å²) >= 11 is 0. The van der Waals surface area contributed by atoms with Crippen LogP contribution in [0.1, 0.15) is 277 Å². The van der Waals surface area contributed by atoms with Crippen LogP contribution in [-0.2, 0) is 23.8 Å². The van der Waals surface area contributed by atoms with Crippen LogP contribution in [0.5, 0.6) is 0 Å². The lowest BCUT2D eigenvalue weighted by Crippen LogP contribution is -2.60. The van der Waals surface area contributed by atoms with E-state index < -0.39 is 49.5 Å². The highest BCUT2D eigenvalue weighted by Crippen LogP contribution is 2.23. The van der Waals surface area contributed by atoms with Gasteiger partial charge < -0.3 is 45.1 Å². The van der Waals surface area contributed by atoms with Crippen molar-refractivity contribution < 1.29 is 49.3 Å². The lowest BCUT2D eigenvalue weighted by molar-refractivity contribution is -0.302. The first-order chi connectivity index (χ1) is 37.2. The summed E-state index contributed by atoms with van der Waals surface area (Å²) in [5.41, 5.74) is 0. The summed E-state index contributed by atoms with van der Waals surface area (Å²) < 4.78 is 16.6. The van der Waals surface area contributed by atoms with Gasteiger partial charge in [0, 0.05) is 12.8 Å². The Kier molecular flexibility index (Phi) is 51.0. The van der Waals surface area contributed by atoms with Gasteiger partial charge in [-0.25, -0.2) is 0 Å².